The lowest BCUT2D eigenvalue weighted by Crippen LogP contribution is -2.60. The molecule has 1 amide bonds. The Balaban J connectivity index is 1.15. The number of benzene rings is 2. The fourth-order valence-electron chi connectivity index (χ4n) is 8.78. The van der Waals surface area contributed by atoms with Crippen LogP contribution in [0.4, 0.5) is 0 Å². The van der Waals surface area contributed by atoms with Crippen LogP contribution in [-0.4, -0.2) is 92.6 Å². The van der Waals surface area contributed by atoms with Gasteiger partial charge in [-0.05, 0) is 19.4 Å². The second-order valence-electron chi connectivity index (χ2n) is 16.6. The van der Waals surface area contributed by atoms with Crippen molar-refractivity contribution in [3.63, 3.8) is 0 Å². The average molecular weight is 840 g/mol. The molecule has 332 valence electrons. The Bertz CT molecular complexity index is 1820. The Morgan fingerprint density at radius 1 is 0.867 bits per heavy atom. The Morgan fingerprint density at radius 2 is 1.47 bits per heavy atom. The first kappa shape index (κ1) is 47.1. The second kappa shape index (κ2) is 22.2. The largest absolute Gasteiger partial charge is 0.507 e. The van der Waals surface area contributed by atoms with Gasteiger partial charge in [0, 0.05) is 42.4 Å². The molecule has 4 unspecified atom stereocenters. The first-order valence-corrected chi connectivity index (χ1v) is 21.9. The minimum atomic E-state index is -2.30. The monoisotopic (exact) mass is 839 g/mol. The van der Waals surface area contributed by atoms with Crippen LogP contribution in [0.15, 0.2) is 18.2 Å². The molecule has 15 nitrogen and oxygen atoms in total. The first-order valence-electron chi connectivity index (χ1n) is 21.9. The van der Waals surface area contributed by atoms with Crippen LogP contribution in [0.3, 0.4) is 0 Å². The minimum absolute atomic E-state index is 0.0364. The van der Waals surface area contributed by atoms with Crippen molar-refractivity contribution in [1.82, 2.24) is 16.4 Å². The lowest BCUT2D eigenvalue weighted by molar-refractivity contribution is -0.250. The molecule has 1 saturated heterocycles. The number of hydrazine groups is 2. The predicted octanol–water partition coefficient (Wildman–Crippen LogP) is 5.43. The summed E-state index contributed by atoms with van der Waals surface area (Å²) in [5.41, 5.74) is 4.36. The summed E-state index contributed by atoms with van der Waals surface area (Å²) < 4.78 is 17.6. The highest BCUT2D eigenvalue weighted by atomic mass is 16.7. The molecule has 1 heterocycles. The number of unbranched alkanes of at least 4 members (excludes halogenated alkanes) is 14. The van der Waals surface area contributed by atoms with Crippen LogP contribution < -0.4 is 21.1 Å². The topological polar surface area (TPSA) is 233 Å². The van der Waals surface area contributed by atoms with E-state index in [0.717, 1.165) is 25.7 Å². The number of carbonyl (C=O) groups is 4. The van der Waals surface area contributed by atoms with Gasteiger partial charge in [0.25, 0.3) is 0 Å². The molecule has 0 aromatic heterocycles. The van der Waals surface area contributed by atoms with E-state index < -0.39 is 95.7 Å². The van der Waals surface area contributed by atoms with Gasteiger partial charge in [-0.1, -0.05) is 109 Å². The average Bonchev–Trinajstić information content (AvgIpc) is 3.23. The van der Waals surface area contributed by atoms with Crippen LogP contribution >= 0.6 is 0 Å². The fraction of sp³-hybridized carbons (Fsp3) is 0.644. The number of Topliss-reactive ketones (excluding diaryl/α,β-unsaturated/α-hetero) is 1. The van der Waals surface area contributed by atoms with E-state index in [0.29, 0.717) is 6.42 Å². The third-order valence-electron chi connectivity index (χ3n) is 12.2. The van der Waals surface area contributed by atoms with Crippen molar-refractivity contribution >= 4 is 23.3 Å². The second-order valence-corrected chi connectivity index (χ2v) is 16.6. The maximum absolute atomic E-state index is 13.9. The molecule has 60 heavy (non-hydrogen) atoms. The summed E-state index contributed by atoms with van der Waals surface area (Å²) in [6.07, 6.45) is 13.2. The SMILES string of the molecule is CCCCCCCCCCCCCCCCCC(=O)NNNC1CC(O[C@H]2C[C@](O)(C(=O)CO)Cc3c(O)c4c(c(O)c32)C(=O)c2c(OC)cccc2C4=O)OC(C)C1O. The van der Waals surface area contributed by atoms with Crippen LogP contribution in [-0.2, 0) is 25.5 Å². The zero-order valence-corrected chi connectivity index (χ0v) is 35.4. The van der Waals surface area contributed by atoms with Gasteiger partial charge in [-0.15, -0.1) is 0 Å². The minimum Gasteiger partial charge on any atom is -0.507 e. The summed E-state index contributed by atoms with van der Waals surface area (Å²) in [5, 5.41) is 55.7. The quantitative estimate of drug-likeness (QED) is 0.0320. The number of aromatic hydroxyl groups is 2. The normalized spacial score (nSPS) is 23.5. The highest BCUT2D eigenvalue weighted by Gasteiger charge is 2.50. The smallest absolute Gasteiger partial charge is 0.235 e. The predicted molar refractivity (Wildman–Crippen MR) is 222 cm³/mol. The van der Waals surface area contributed by atoms with E-state index in [9.17, 15) is 44.7 Å². The summed E-state index contributed by atoms with van der Waals surface area (Å²) in [6, 6.07) is 3.62. The van der Waals surface area contributed by atoms with E-state index in [1.54, 1.807) is 6.92 Å². The van der Waals surface area contributed by atoms with Crippen molar-refractivity contribution in [1.29, 1.82) is 0 Å². The van der Waals surface area contributed by atoms with E-state index in [1.165, 1.54) is 95.9 Å². The third-order valence-corrected chi connectivity index (χ3v) is 12.2. The molecular weight excluding hydrogens is 775 g/mol. The number of hydrogen-bond acceptors (Lipinski definition) is 14. The number of fused-ring (bicyclic) bond motifs is 3. The molecule has 6 atom stereocenters. The van der Waals surface area contributed by atoms with E-state index in [1.807, 2.05) is 0 Å². The molecule has 2 aromatic carbocycles. The van der Waals surface area contributed by atoms with Crippen molar-refractivity contribution in [2.45, 2.75) is 172 Å². The Hall–Kier alpha value is -3.96. The summed E-state index contributed by atoms with van der Waals surface area (Å²) in [6.45, 7) is 2.79. The highest BCUT2D eigenvalue weighted by Crippen LogP contribution is 2.52. The van der Waals surface area contributed by atoms with E-state index >= 15 is 0 Å². The number of aliphatic hydroxyl groups excluding tert-OH is 2. The number of methoxy groups -OCH3 is 1. The van der Waals surface area contributed by atoms with Crippen LogP contribution in [0.5, 0.6) is 17.2 Å². The molecule has 0 saturated carbocycles. The molecule has 1 fully saturated rings. The fourth-order valence-corrected chi connectivity index (χ4v) is 8.78. The zero-order valence-electron chi connectivity index (χ0n) is 35.4. The number of carbonyl (C=O) groups excluding carboxylic acids is 4. The molecule has 0 bridgehead atoms. The van der Waals surface area contributed by atoms with Crippen molar-refractivity contribution in [3.8, 4) is 17.2 Å². The van der Waals surface area contributed by atoms with E-state index in [-0.39, 0.29) is 40.3 Å². The van der Waals surface area contributed by atoms with Crippen molar-refractivity contribution in [2.75, 3.05) is 13.7 Å². The molecule has 1 aliphatic heterocycles. The van der Waals surface area contributed by atoms with Gasteiger partial charge in [-0.2, -0.15) is 5.53 Å². The maximum atomic E-state index is 13.9. The molecule has 2 aromatic rings. The third kappa shape index (κ3) is 11.1. The number of ether oxygens (including phenoxy) is 3. The van der Waals surface area contributed by atoms with Gasteiger partial charge in [-0.25, -0.2) is 5.43 Å². The number of ketones is 3. The highest BCUT2D eigenvalue weighted by molar-refractivity contribution is 6.31. The van der Waals surface area contributed by atoms with Crippen molar-refractivity contribution < 1.29 is 58.9 Å². The molecule has 8 N–H and O–H groups in total. The van der Waals surface area contributed by atoms with Gasteiger partial charge in [-0.3, -0.25) is 24.6 Å². The molecule has 15 heteroatoms. The molecular formula is C45H65N3O12. The van der Waals surface area contributed by atoms with E-state index in [4.69, 9.17) is 14.2 Å². The van der Waals surface area contributed by atoms with Gasteiger partial charge in [0.2, 0.25) is 11.7 Å². The lowest BCUT2D eigenvalue weighted by atomic mass is 9.72. The van der Waals surface area contributed by atoms with Crippen LogP contribution in [0.25, 0.3) is 0 Å². The Morgan fingerprint density at radius 3 is 2.07 bits per heavy atom. The Kier molecular flexibility index (Phi) is 17.4. The van der Waals surface area contributed by atoms with Crippen molar-refractivity contribution in [3.05, 3.63) is 51.6 Å². The number of aliphatic hydroxyl groups is 3. The number of hydrogen-bond donors (Lipinski definition) is 8. The van der Waals surface area contributed by atoms with Crippen molar-refractivity contribution in [2.24, 2.45) is 0 Å². The molecule has 0 radical (unpaired) electrons. The number of phenolic OH excluding ortho intramolecular Hbond substituents is 2. The molecule has 3 aliphatic rings. The summed E-state index contributed by atoms with van der Waals surface area (Å²) in [5.74, 6) is -4.11. The maximum Gasteiger partial charge on any atom is 0.235 e. The lowest BCUT2D eigenvalue weighted by Gasteiger charge is -2.43. The molecule has 0 spiro atoms. The summed E-state index contributed by atoms with van der Waals surface area (Å²) in [4.78, 5) is 53.2. The Labute approximate surface area is 352 Å². The van der Waals surface area contributed by atoms with Gasteiger partial charge in [0.05, 0.1) is 48.2 Å². The summed E-state index contributed by atoms with van der Waals surface area (Å²) in [7, 11) is 1.33. The number of nitrogens with one attached hydrogen (secondary N) is 3. The van der Waals surface area contributed by atoms with Gasteiger partial charge in [0.1, 0.15) is 29.5 Å². The first-order chi connectivity index (χ1) is 28.9. The van der Waals surface area contributed by atoms with Gasteiger partial charge < -0.3 is 39.7 Å². The number of amides is 1. The standard InChI is InChI=1S/C45H65N3O12/c1-4-5-6-7-8-9-10-11-12-13-14-15-16-17-18-22-34(51)47-48-46-30-23-35(59-27(2)40(30)52)60-32-25-45(57,33(50)26-49)24-29-37(32)44(56)39-38(42(29)54)41(53)28-20-19-21-31(58-3)36(28)43(39)55/h19-21,27,30,32,35,40,46,48-49,52,54,56-57H,4-18,22-26H2,1-3H3,(H,47,51)/t27?,30?,32-,35?,40?,45-/m0/s1. The van der Waals surface area contributed by atoms with Crippen LogP contribution in [0.2, 0.25) is 0 Å². The van der Waals surface area contributed by atoms with E-state index in [2.05, 4.69) is 23.3 Å². The number of rotatable bonds is 24. The zero-order chi connectivity index (χ0) is 43.4. The molecule has 2 aliphatic carbocycles. The van der Waals surface area contributed by atoms with Crippen LogP contribution in [0, 0.1) is 0 Å². The number of phenols is 2. The summed E-state index contributed by atoms with van der Waals surface area (Å²) >= 11 is 0. The van der Waals surface area contributed by atoms with Crippen LogP contribution in [0.1, 0.15) is 178 Å². The molecule has 5 rings (SSSR count). The van der Waals surface area contributed by atoms with Gasteiger partial charge in [0.15, 0.2) is 17.9 Å². The van der Waals surface area contributed by atoms with Gasteiger partial charge >= 0.3 is 0 Å².